The van der Waals surface area contributed by atoms with Crippen molar-refractivity contribution in [2.75, 3.05) is 46.4 Å². The molecule has 2 fully saturated rings. The van der Waals surface area contributed by atoms with Crippen molar-refractivity contribution in [2.45, 2.75) is 44.6 Å². The predicted molar refractivity (Wildman–Crippen MR) is 134 cm³/mol. The van der Waals surface area contributed by atoms with E-state index in [0.29, 0.717) is 39.1 Å². The third-order valence-corrected chi connectivity index (χ3v) is 7.36. The summed E-state index contributed by atoms with van der Waals surface area (Å²) in [5.41, 5.74) is 4.01. The molecule has 2 aromatic rings. The highest BCUT2D eigenvalue weighted by Gasteiger charge is 2.47. The number of piperazine rings is 1. The highest BCUT2D eigenvalue weighted by Crippen LogP contribution is 2.38. The SMILES string of the molecule is CNC(=O)[C@@H]1CN(CCc2ccccc2)CCN1C(=O)C1(c2cc(C)cc(C)c2)CCOCC1. The number of nitrogens with zero attached hydrogens (tertiary/aromatic N) is 2. The van der Waals surface area contributed by atoms with Gasteiger partial charge in [0.25, 0.3) is 0 Å². The molecule has 34 heavy (non-hydrogen) atoms. The van der Waals surface area contributed by atoms with Crippen LogP contribution in [0.3, 0.4) is 0 Å². The normalized spacial score (nSPS) is 20.7. The second kappa shape index (κ2) is 10.7. The molecule has 2 aliphatic rings. The van der Waals surface area contributed by atoms with Crippen molar-refractivity contribution in [1.29, 1.82) is 0 Å². The minimum absolute atomic E-state index is 0.0668. The van der Waals surface area contributed by atoms with Gasteiger partial charge in [0.15, 0.2) is 0 Å². The van der Waals surface area contributed by atoms with Crippen LogP contribution in [-0.4, -0.2) is 74.1 Å². The van der Waals surface area contributed by atoms with Crippen molar-refractivity contribution >= 4 is 11.8 Å². The van der Waals surface area contributed by atoms with E-state index in [1.807, 2.05) is 11.0 Å². The molecule has 6 heteroatoms. The number of hydrogen-bond donors (Lipinski definition) is 1. The maximum Gasteiger partial charge on any atom is 0.243 e. The van der Waals surface area contributed by atoms with Crippen molar-refractivity contribution in [3.05, 3.63) is 70.8 Å². The van der Waals surface area contributed by atoms with E-state index in [-0.39, 0.29) is 11.8 Å². The van der Waals surface area contributed by atoms with Gasteiger partial charge in [0.1, 0.15) is 6.04 Å². The Morgan fingerprint density at radius 1 is 1.03 bits per heavy atom. The lowest BCUT2D eigenvalue weighted by Gasteiger charge is -2.46. The van der Waals surface area contributed by atoms with Crippen molar-refractivity contribution in [2.24, 2.45) is 0 Å². The van der Waals surface area contributed by atoms with Crippen molar-refractivity contribution in [3.8, 4) is 0 Å². The van der Waals surface area contributed by atoms with Crippen LogP contribution in [0.1, 0.15) is 35.1 Å². The number of likely N-dealkylation sites (N-methyl/N-ethyl adjacent to an activating group) is 1. The lowest BCUT2D eigenvalue weighted by Crippen LogP contribution is -2.64. The fourth-order valence-electron chi connectivity index (χ4n) is 5.48. The molecule has 182 valence electrons. The van der Waals surface area contributed by atoms with E-state index in [1.165, 1.54) is 5.56 Å². The average molecular weight is 464 g/mol. The van der Waals surface area contributed by atoms with E-state index in [4.69, 9.17) is 4.74 Å². The number of rotatable bonds is 6. The number of hydrogen-bond acceptors (Lipinski definition) is 4. The van der Waals surface area contributed by atoms with E-state index in [9.17, 15) is 9.59 Å². The molecule has 0 radical (unpaired) electrons. The number of carbonyl (C=O) groups is 2. The van der Waals surface area contributed by atoms with Crippen molar-refractivity contribution < 1.29 is 14.3 Å². The van der Waals surface area contributed by atoms with Gasteiger partial charge in [0.2, 0.25) is 11.8 Å². The van der Waals surface area contributed by atoms with Gasteiger partial charge in [0, 0.05) is 46.4 Å². The van der Waals surface area contributed by atoms with Gasteiger partial charge in [-0.15, -0.1) is 0 Å². The summed E-state index contributed by atoms with van der Waals surface area (Å²) in [6.45, 7) is 8.01. The zero-order valence-corrected chi connectivity index (χ0v) is 20.7. The van der Waals surface area contributed by atoms with Gasteiger partial charge < -0.3 is 15.0 Å². The molecular weight excluding hydrogens is 426 g/mol. The molecule has 2 aromatic carbocycles. The first kappa shape index (κ1) is 24.4. The summed E-state index contributed by atoms with van der Waals surface area (Å²) in [6.07, 6.45) is 2.21. The molecule has 6 nitrogen and oxygen atoms in total. The monoisotopic (exact) mass is 463 g/mol. The maximum absolute atomic E-state index is 14.3. The van der Waals surface area contributed by atoms with Crippen LogP contribution < -0.4 is 5.32 Å². The smallest absolute Gasteiger partial charge is 0.243 e. The van der Waals surface area contributed by atoms with Gasteiger partial charge in [-0.3, -0.25) is 14.5 Å². The Balaban J connectivity index is 1.57. The second-order valence-electron chi connectivity index (χ2n) is 9.74. The topological polar surface area (TPSA) is 61.9 Å². The molecule has 4 rings (SSSR count). The van der Waals surface area contributed by atoms with Crippen LogP contribution >= 0.6 is 0 Å². The largest absolute Gasteiger partial charge is 0.381 e. The molecule has 0 saturated carbocycles. The average Bonchev–Trinajstić information content (AvgIpc) is 2.87. The van der Waals surface area contributed by atoms with E-state index >= 15 is 0 Å². The fraction of sp³-hybridized carbons (Fsp3) is 0.500. The van der Waals surface area contributed by atoms with Crippen molar-refractivity contribution in [3.63, 3.8) is 0 Å². The molecular formula is C28H37N3O3. The molecule has 0 bridgehead atoms. The summed E-state index contributed by atoms with van der Waals surface area (Å²) in [7, 11) is 1.65. The Morgan fingerprint density at radius 2 is 1.71 bits per heavy atom. The lowest BCUT2D eigenvalue weighted by molar-refractivity contribution is -0.151. The lowest BCUT2D eigenvalue weighted by atomic mass is 9.72. The Morgan fingerprint density at radius 3 is 2.35 bits per heavy atom. The minimum Gasteiger partial charge on any atom is -0.381 e. The number of benzene rings is 2. The summed E-state index contributed by atoms with van der Waals surface area (Å²) in [5, 5.41) is 2.80. The van der Waals surface area contributed by atoms with Crippen LogP contribution in [0.4, 0.5) is 0 Å². The molecule has 2 saturated heterocycles. The van der Waals surface area contributed by atoms with E-state index in [2.05, 4.69) is 66.5 Å². The van der Waals surface area contributed by atoms with E-state index in [1.54, 1.807) is 7.05 Å². The van der Waals surface area contributed by atoms with Crippen LogP contribution in [0.15, 0.2) is 48.5 Å². The van der Waals surface area contributed by atoms with Crippen LogP contribution in [0.5, 0.6) is 0 Å². The molecule has 0 spiro atoms. The standard InChI is InChI=1S/C28H37N3O3/c1-21-17-22(2)19-24(18-21)28(10-15-34-16-11-28)27(33)31-14-13-30(20-25(31)26(32)29-3)12-9-23-7-5-4-6-8-23/h4-8,17-19,25H,9-16,20H2,1-3H3,(H,29,32)/t25-/m0/s1. The predicted octanol–water partition coefficient (Wildman–Crippen LogP) is 2.85. The molecule has 0 unspecified atom stereocenters. The van der Waals surface area contributed by atoms with Gasteiger partial charge in [-0.05, 0) is 44.2 Å². The van der Waals surface area contributed by atoms with Gasteiger partial charge >= 0.3 is 0 Å². The third-order valence-electron chi connectivity index (χ3n) is 7.36. The molecule has 2 aliphatic heterocycles. The molecule has 0 aromatic heterocycles. The summed E-state index contributed by atoms with van der Waals surface area (Å²) in [6, 6.07) is 16.3. The Labute approximate surface area is 203 Å². The molecule has 2 heterocycles. The van der Waals surface area contributed by atoms with Gasteiger partial charge in [0.05, 0.1) is 5.41 Å². The molecule has 1 atom stereocenters. The van der Waals surface area contributed by atoms with Crippen LogP contribution in [-0.2, 0) is 26.2 Å². The summed E-state index contributed by atoms with van der Waals surface area (Å²) in [4.78, 5) is 31.4. The summed E-state index contributed by atoms with van der Waals surface area (Å²) in [5.74, 6) is -0.0301. The first-order valence-corrected chi connectivity index (χ1v) is 12.4. The minimum atomic E-state index is -0.645. The second-order valence-corrected chi connectivity index (χ2v) is 9.74. The van der Waals surface area contributed by atoms with Crippen LogP contribution in [0, 0.1) is 13.8 Å². The van der Waals surface area contributed by atoms with E-state index in [0.717, 1.165) is 36.2 Å². The van der Waals surface area contributed by atoms with Gasteiger partial charge in [-0.2, -0.15) is 0 Å². The maximum atomic E-state index is 14.3. The molecule has 0 aliphatic carbocycles. The number of ether oxygens (including phenoxy) is 1. The number of carbonyl (C=O) groups excluding carboxylic acids is 2. The highest BCUT2D eigenvalue weighted by atomic mass is 16.5. The Hall–Kier alpha value is -2.70. The summed E-state index contributed by atoms with van der Waals surface area (Å²) >= 11 is 0. The quantitative estimate of drug-likeness (QED) is 0.716. The molecule has 2 amide bonds. The summed E-state index contributed by atoms with van der Waals surface area (Å²) < 4.78 is 5.67. The van der Waals surface area contributed by atoms with Crippen LogP contribution in [0.25, 0.3) is 0 Å². The zero-order chi connectivity index (χ0) is 24.1. The van der Waals surface area contributed by atoms with Crippen LogP contribution in [0.2, 0.25) is 0 Å². The first-order valence-electron chi connectivity index (χ1n) is 12.4. The first-order chi connectivity index (χ1) is 16.4. The fourth-order valence-corrected chi connectivity index (χ4v) is 5.48. The number of aryl methyl sites for hydroxylation is 2. The van der Waals surface area contributed by atoms with Gasteiger partial charge in [-0.1, -0.05) is 59.7 Å². The van der Waals surface area contributed by atoms with Crippen molar-refractivity contribution in [1.82, 2.24) is 15.1 Å². The Kier molecular flexibility index (Phi) is 7.69. The Bertz CT molecular complexity index is 981. The number of nitrogens with one attached hydrogen (secondary N) is 1. The highest BCUT2D eigenvalue weighted by molar-refractivity contribution is 5.93. The third kappa shape index (κ3) is 5.18. The zero-order valence-electron chi connectivity index (χ0n) is 20.7. The molecule has 1 N–H and O–H groups in total. The van der Waals surface area contributed by atoms with Gasteiger partial charge in [-0.25, -0.2) is 0 Å². The van der Waals surface area contributed by atoms with E-state index < -0.39 is 11.5 Å². The number of amides is 2.